The van der Waals surface area contributed by atoms with E-state index >= 15 is 0 Å². The molecule has 0 radical (unpaired) electrons. The Morgan fingerprint density at radius 2 is 2.22 bits per heavy atom. The van der Waals surface area contributed by atoms with Crippen LogP contribution in [0.4, 0.5) is 0 Å². The molecule has 0 saturated carbocycles. The van der Waals surface area contributed by atoms with Crippen molar-refractivity contribution in [2.75, 3.05) is 0 Å². The Labute approximate surface area is 109 Å². The third-order valence-electron chi connectivity index (χ3n) is 2.28. The molecule has 0 spiro atoms. The Balaban J connectivity index is 2.26. The molecular formula is C11H15N5OS. The minimum atomic E-state index is -0.230. The molecule has 0 amide bonds. The molecule has 7 heteroatoms. The molecule has 2 rings (SSSR count). The van der Waals surface area contributed by atoms with Gasteiger partial charge in [-0.3, -0.25) is 10.8 Å². The number of ether oxygens (including phenoxy) is 1. The molecular weight excluding hydrogens is 250 g/mol. The number of aromatic nitrogens is 3. The van der Waals surface area contributed by atoms with Crippen LogP contribution in [0.15, 0.2) is 23.8 Å². The van der Waals surface area contributed by atoms with Gasteiger partial charge in [-0.05, 0) is 37.0 Å². The van der Waals surface area contributed by atoms with Crippen molar-refractivity contribution >= 4 is 11.5 Å². The van der Waals surface area contributed by atoms with Crippen LogP contribution < -0.4 is 16.0 Å². The summed E-state index contributed by atoms with van der Waals surface area (Å²) in [5, 5.41) is 5.86. The van der Waals surface area contributed by atoms with E-state index in [2.05, 4.69) is 20.0 Å². The summed E-state index contributed by atoms with van der Waals surface area (Å²) < 4.78 is 9.43. The Kier molecular flexibility index (Phi) is 4.19. The average molecular weight is 265 g/mol. The van der Waals surface area contributed by atoms with Crippen molar-refractivity contribution in [1.82, 2.24) is 20.0 Å². The standard InChI is InChI=1S/C11H15N5OS/c1-7(2)17-9-3-8(4-13-5-9)11(14-12)10-6-18-16-15-10/h3-7,11,14H,12H2,1-2H3. The van der Waals surface area contributed by atoms with Gasteiger partial charge in [-0.1, -0.05) is 4.49 Å². The van der Waals surface area contributed by atoms with Crippen LogP contribution in [0.25, 0.3) is 0 Å². The van der Waals surface area contributed by atoms with Crippen LogP contribution in [0, 0.1) is 0 Å². The number of pyridine rings is 1. The van der Waals surface area contributed by atoms with Crippen LogP contribution in [0.5, 0.6) is 5.75 Å². The van der Waals surface area contributed by atoms with E-state index in [1.165, 1.54) is 11.5 Å². The van der Waals surface area contributed by atoms with Crippen LogP contribution >= 0.6 is 11.5 Å². The van der Waals surface area contributed by atoms with Gasteiger partial charge in [-0.15, -0.1) is 5.10 Å². The number of nitrogens with two attached hydrogens (primary N) is 1. The van der Waals surface area contributed by atoms with E-state index < -0.39 is 0 Å². The van der Waals surface area contributed by atoms with Crippen molar-refractivity contribution in [1.29, 1.82) is 0 Å². The highest BCUT2D eigenvalue weighted by molar-refractivity contribution is 7.03. The van der Waals surface area contributed by atoms with Gasteiger partial charge in [0, 0.05) is 11.6 Å². The van der Waals surface area contributed by atoms with E-state index in [0.29, 0.717) is 5.75 Å². The van der Waals surface area contributed by atoms with E-state index in [9.17, 15) is 0 Å². The monoisotopic (exact) mass is 265 g/mol. The molecule has 2 aromatic heterocycles. The number of nitrogens with one attached hydrogen (secondary N) is 1. The summed E-state index contributed by atoms with van der Waals surface area (Å²) in [4.78, 5) is 4.15. The van der Waals surface area contributed by atoms with E-state index in [1.807, 2.05) is 25.3 Å². The number of rotatable bonds is 5. The van der Waals surface area contributed by atoms with Crippen LogP contribution in [-0.2, 0) is 0 Å². The minimum Gasteiger partial charge on any atom is -0.489 e. The normalized spacial score (nSPS) is 12.7. The highest BCUT2D eigenvalue weighted by Crippen LogP contribution is 2.23. The van der Waals surface area contributed by atoms with Gasteiger partial charge in [0.05, 0.1) is 24.0 Å². The van der Waals surface area contributed by atoms with E-state index in [-0.39, 0.29) is 12.1 Å². The predicted molar refractivity (Wildman–Crippen MR) is 69.1 cm³/mol. The Bertz CT molecular complexity index is 488. The molecule has 0 saturated heterocycles. The maximum Gasteiger partial charge on any atom is 0.138 e. The maximum atomic E-state index is 5.60. The zero-order chi connectivity index (χ0) is 13.0. The lowest BCUT2D eigenvalue weighted by molar-refractivity contribution is 0.241. The van der Waals surface area contributed by atoms with Crippen molar-refractivity contribution in [2.45, 2.75) is 26.0 Å². The third kappa shape index (κ3) is 3.00. The maximum absolute atomic E-state index is 5.60. The summed E-state index contributed by atoms with van der Waals surface area (Å²) in [6, 6.07) is 1.67. The van der Waals surface area contributed by atoms with Crippen LogP contribution in [0.1, 0.15) is 31.1 Å². The fourth-order valence-corrected chi connectivity index (χ4v) is 2.06. The number of hydrogen-bond donors (Lipinski definition) is 2. The lowest BCUT2D eigenvalue weighted by atomic mass is 10.1. The predicted octanol–water partition coefficient (Wildman–Crippen LogP) is 1.27. The molecule has 0 aliphatic heterocycles. The summed E-state index contributed by atoms with van der Waals surface area (Å²) in [6.45, 7) is 3.94. The minimum absolute atomic E-state index is 0.104. The quantitative estimate of drug-likeness (QED) is 0.625. The van der Waals surface area contributed by atoms with Crippen molar-refractivity contribution in [2.24, 2.45) is 5.84 Å². The van der Waals surface area contributed by atoms with Gasteiger partial charge >= 0.3 is 0 Å². The van der Waals surface area contributed by atoms with Gasteiger partial charge in [-0.2, -0.15) is 0 Å². The largest absolute Gasteiger partial charge is 0.489 e. The van der Waals surface area contributed by atoms with Crippen molar-refractivity contribution in [3.63, 3.8) is 0 Å². The first-order valence-electron chi connectivity index (χ1n) is 5.55. The van der Waals surface area contributed by atoms with E-state index in [0.717, 1.165) is 11.3 Å². The molecule has 0 aliphatic rings. The first-order chi connectivity index (χ1) is 8.70. The molecule has 0 fully saturated rings. The molecule has 2 heterocycles. The molecule has 1 unspecified atom stereocenters. The lowest BCUT2D eigenvalue weighted by Crippen LogP contribution is -2.29. The summed E-state index contributed by atoms with van der Waals surface area (Å²) in [5.41, 5.74) is 4.37. The summed E-state index contributed by atoms with van der Waals surface area (Å²) in [5.74, 6) is 6.28. The Morgan fingerprint density at radius 3 is 2.83 bits per heavy atom. The molecule has 0 bridgehead atoms. The molecule has 0 aromatic carbocycles. The average Bonchev–Trinajstić information content (AvgIpc) is 2.83. The smallest absolute Gasteiger partial charge is 0.138 e. The van der Waals surface area contributed by atoms with Gasteiger partial charge in [0.1, 0.15) is 5.75 Å². The fraction of sp³-hybridized carbons (Fsp3) is 0.364. The second-order valence-corrected chi connectivity index (χ2v) is 4.66. The van der Waals surface area contributed by atoms with E-state index in [1.54, 1.807) is 12.4 Å². The molecule has 1 atom stereocenters. The molecule has 3 N–H and O–H groups in total. The van der Waals surface area contributed by atoms with Crippen molar-refractivity contribution in [3.8, 4) is 5.75 Å². The molecule has 18 heavy (non-hydrogen) atoms. The molecule has 6 nitrogen and oxygen atoms in total. The second kappa shape index (κ2) is 5.85. The van der Waals surface area contributed by atoms with Crippen molar-refractivity contribution in [3.05, 3.63) is 35.1 Å². The number of hydrogen-bond acceptors (Lipinski definition) is 7. The van der Waals surface area contributed by atoms with Crippen LogP contribution in [0.2, 0.25) is 0 Å². The number of hydrazine groups is 1. The molecule has 0 aliphatic carbocycles. The molecule has 96 valence electrons. The van der Waals surface area contributed by atoms with Gasteiger partial charge < -0.3 is 4.74 Å². The fourth-order valence-electron chi connectivity index (χ4n) is 1.58. The van der Waals surface area contributed by atoms with Gasteiger partial charge in [0.15, 0.2) is 0 Å². The second-order valence-electron chi connectivity index (χ2n) is 4.05. The van der Waals surface area contributed by atoms with Crippen LogP contribution in [0.3, 0.4) is 0 Å². The highest BCUT2D eigenvalue weighted by atomic mass is 32.1. The third-order valence-corrected chi connectivity index (χ3v) is 2.80. The Hall–Kier alpha value is -1.57. The zero-order valence-electron chi connectivity index (χ0n) is 10.2. The first-order valence-corrected chi connectivity index (χ1v) is 6.39. The topological polar surface area (TPSA) is 86.0 Å². The summed E-state index contributed by atoms with van der Waals surface area (Å²) >= 11 is 1.28. The highest BCUT2D eigenvalue weighted by Gasteiger charge is 2.16. The summed E-state index contributed by atoms with van der Waals surface area (Å²) in [6.07, 6.45) is 3.51. The van der Waals surface area contributed by atoms with Crippen molar-refractivity contribution < 1.29 is 4.74 Å². The number of nitrogens with zero attached hydrogens (tertiary/aromatic N) is 3. The van der Waals surface area contributed by atoms with Crippen LogP contribution in [-0.4, -0.2) is 20.7 Å². The lowest BCUT2D eigenvalue weighted by Gasteiger charge is -2.15. The van der Waals surface area contributed by atoms with Gasteiger partial charge in [0.2, 0.25) is 0 Å². The van der Waals surface area contributed by atoms with Gasteiger partial charge in [0.25, 0.3) is 0 Å². The SMILES string of the molecule is CC(C)Oc1cncc(C(NN)c2csnn2)c1. The van der Waals surface area contributed by atoms with E-state index in [4.69, 9.17) is 10.6 Å². The van der Waals surface area contributed by atoms with Gasteiger partial charge in [-0.25, -0.2) is 5.43 Å². The first kappa shape index (κ1) is 12.9. The molecule has 2 aromatic rings. The Morgan fingerprint density at radius 1 is 1.39 bits per heavy atom. The summed E-state index contributed by atoms with van der Waals surface area (Å²) in [7, 11) is 0. The zero-order valence-corrected chi connectivity index (χ0v) is 11.0.